The van der Waals surface area contributed by atoms with E-state index in [4.69, 9.17) is 4.74 Å². The largest absolute Gasteiger partial charge is 0.496 e. The monoisotopic (exact) mass is 327 g/mol. The zero-order chi connectivity index (χ0) is 16.8. The second-order valence-electron chi connectivity index (χ2n) is 6.02. The fourth-order valence-corrected chi connectivity index (χ4v) is 3.60. The molecular weight excluding hydrogens is 310 g/mol. The first-order chi connectivity index (χ1) is 11.6. The molecule has 1 aromatic carbocycles. The van der Waals surface area contributed by atoms with Crippen molar-refractivity contribution in [3.8, 4) is 5.75 Å². The number of carbonyl (C=O) groups excluding carboxylic acids is 2. The average Bonchev–Trinajstić information content (AvgIpc) is 2.73. The third-order valence-electron chi connectivity index (χ3n) is 4.70. The molecule has 1 N–H and O–H groups in total. The van der Waals surface area contributed by atoms with Crippen LogP contribution < -0.4 is 15.7 Å². The predicted octanol–water partition coefficient (Wildman–Crippen LogP) is 0.902. The standard InChI is InChI=1S/C17H17N3O4/c1-24-13-7-5-11-15-10(13)4-2-3-9-19(15)17(23)20(11)12-6-8-14(21)18-16(12)22/h2-3,5,7,12H,4,6,8-9H2,1H3,(H,18,21,22). The maximum atomic E-state index is 13.0. The molecule has 24 heavy (non-hydrogen) atoms. The van der Waals surface area contributed by atoms with Crippen molar-refractivity contribution in [3.63, 3.8) is 0 Å². The third-order valence-corrected chi connectivity index (χ3v) is 4.70. The lowest BCUT2D eigenvalue weighted by Gasteiger charge is -2.22. The van der Waals surface area contributed by atoms with Crippen molar-refractivity contribution in [1.82, 2.24) is 14.5 Å². The molecule has 1 fully saturated rings. The molecule has 1 atom stereocenters. The molecule has 7 heteroatoms. The molecule has 1 saturated heterocycles. The van der Waals surface area contributed by atoms with Crippen LogP contribution in [0.25, 0.3) is 11.0 Å². The number of allylic oxidation sites excluding steroid dienone is 2. The Morgan fingerprint density at radius 1 is 1.21 bits per heavy atom. The summed E-state index contributed by atoms with van der Waals surface area (Å²) < 4.78 is 8.62. The van der Waals surface area contributed by atoms with E-state index in [0.29, 0.717) is 24.9 Å². The summed E-state index contributed by atoms with van der Waals surface area (Å²) in [4.78, 5) is 36.6. The summed E-state index contributed by atoms with van der Waals surface area (Å²) in [6.45, 7) is 0.454. The molecule has 0 bridgehead atoms. The maximum absolute atomic E-state index is 13.0. The number of piperidine rings is 1. The minimum absolute atomic E-state index is 0.235. The number of nitrogens with zero attached hydrogens (tertiary/aromatic N) is 2. The number of methoxy groups -OCH3 is 1. The van der Waals surface area contributed by atoms with Crippen LogP contribution in [0.5, 0.6) is 5.75 Å². The van der Waals surface area contributed by atoms with Gasteiger partial charge in [-0.25, -0.2) is 4.79 Å². The van der Waals surface area contributed by atoms with Crippen molar-refractivity contribution in [2.75, 3.05) is 7.11 Å². The second-order valence-corrected chi connectivity index (χ2v) is 6.02. The van der Waals surface area contributed by atoms with Gasteiger partial charge < -0.3 is 4.74 Å². The molecule has 0 radical (unpaired) electrons. The first-order valence-electron chi connectivity index (χ1n) is 7.91. The van der Waals surface area contributed by atoms with Gasteiger partial charge in [0.05, 0.1) is 18.1 Å². The average molecular weight is 327 g/mol. The number of aromatic nitrogens is 2. The SMILES string of the molecule is COc1ccc2c3c1CC=CCn3c(=O)n2C1CCC(=O)NC1=O. The van der Waals surface area contributed by atoms with E-state index in [1.807, 2.05) is 24.3 Å². The van der Waals surface area contributed by atoms with E-state index in [9.17, 15) is 14.4 Å². The highest BCUT2D eigenvalue weighted by atomic mass is 16.5. The molecule has 7 nitrogen and oxygen atoms in total. The highest BCUT2D eigenvalue weighted by Gasteiger charge is 2.32. The number of rotatable bonds is 2. The Hall–Kier alpha value is -2.83. The summed E-state index contributed by atoms with van der Waals surface area (Å²) >= 11 is 0. The van der Waals surface area contributed by atoms with Crippen LogP contribution in [-0.4, -0.2) is 28.1 Å². The number of nitrogens with one attached hydrogen (secondary N) is 1. The summed E-state index contributed by atoms with van der Waals surface area (Å²) in [5.74, 6) is 0.0139. The van der Waals surface area contributed by atoms with Gasteiger partial charge in [0, 0.05) is 18.5 Å². The van der Waals surface area contributed by atoms with Gasteiger partial charge in [0.2, 0.25) is 11.8 Å². The van der Waals surface area contributed by atoms with E-state index in [1.54, 1.807) is 11.7 Å². The molecule has 0 saturated carbocycles. The van der Waals surface area contributed by atoms with Crippen LogP contribution in [0.2, 0.25) is 0 Å². The van der Waals surface area contributed by atoms with Crippen molar-refractivity contribution in [1.29, 1.82) is 0 Å². The van der Waals surface area contributed by atoms with Gasteiger partial charge in [-0.3, -0.25) is 24.0 Å². The maximum Gasteiger partial charge on any atom is 0.330 e. The molecule has 0 aliphatic carbocycles. The number of imide groups is 1. The summed E-state index contributed by atoms with van der Waals surface area (Å²) in [7, 11) is 1.60. The molecule has 4 rings (SSSR count). The van der Waals surface area contributed by atoms with Gasteiger partial charge in [0.15, 0.2) is 0 Å². The van der Waals surface area contributed by atoms with Gasteiger partial charge in [0.25, 0.3) is 0 Å². The van der Waals surface area contributed by atoms with Gasteiger partial charge in [-0.05, 0) is 25.0 Å². The summed E-state index contributed by atoms with van der Waals surface area (Å²) in [6, 6.07) is 2.97. The van der Waals surface area contributed by atoms with E-state index in [-0.39, 0.29) is 18.0 Å². The number of hydrogen-bond donors (Lipinski definition) is 1. The number of imidazole rings is 1. The number of amides is 2. The second kappa shape index (κ2) is 5.36. The quantitative estimate of drug-likeness (QED) is 0.656. The minimum Gasteiger partial charge on any atom is -0.496 e. The van der Waals surface area contributed by atoms with Gasteiger partial charge >= 0.3 is 5.69 Å². The van der Waals surface area contributed by atoms with Crippen LogP contribution in [0, 0.1) is 0 Å². The van der Waals surface area contributed by atoms with Crippen molar-refractivity contribution in [2.24, 2.45) is 0 Å². The van der Waals surface area contributed by atoms with E-state index < -0.39 is 11.9 Å². The summed E-state index contributed by atoms with van der Waals surface area (Å²) in [5.41, 5.74) is 2.20. The third kappa shape index (κ3) is 2.01. The topological polar surface area (TPSA) is 82.3 Å². The molecule has 0 spiro atoms. The zero-order valence-corrected chi connectivity index (χ0v) is 13.2. The lowest BCUT2D eigenvalue weighted by atomic mass is 10.0. The summed E-state index contributed by atoms with van der Waals surface area (Å²) in [6.07, 6.45) is 5.19. The van der Waals surface area contributed by atoms with Crippen LogP contribution >= 0.6 is 0 Å². The Morgan fingerprint density at radius 3 is 2.79 bits per heavy atom. The van der Waals surface area contributed by atoms with E-state index in [0.717, 1.165) is 16.8 Å². The van der Waals surface area contributed by atoms with Crippen LogP contribution in [0.4, 0.5) is 0 Å². The first-order valence-corrected chi connectivity index (χ1v) is 7.91. The number of ether oxygens (including phenoxy) is 1. The zero-order valence-electron chi connectivity index (χ0n) is 13.2. The number of hydrogen-bond acceptors (Lipinski definition) is 4. The van der Waals surface area contributed by atoms with Gasteiger partial charge in [-0.1, -0.05) is 12.2 Å². The molecule has 124 valence electrons. The fourth-order valence-electron chi connectivity index (χ4n) is 3.60. The molecule has 2 amide bonds. The molecule has 1 unspecified atom stereocenters. The van der Waals surface area contributed by atoms with Crippen LogP contribution in [0.15, 0.2) is 29.1 Å². The normalized spacial score (nSPS) is 20.1. The minimum atomic E-state index is -0.663. The van der Waals surface area contributed by atoms with E-state index in [1.165, 1.54) is 4.57 Å². The van der Waals surface area contributed by atoms with Crippen LogP contribution in [0.3, 0.4) is 0 Å². The predicted molar refractivity (Wildman–Crippen MR) is 87.0 cm³/mol. The highest BCUT2D eigenvalue weighted by Crippen LogP contribution is 2.32. The van der Waals surface area contributed by atoms with Crippen LogP contribution in [0.1, 0.15) is 24.4 Å². The lowest BCUT2D eigenvalue weighted by Crippen LogP contribution is -2.44. The Labute approximate surface area is 137 Å². The fraction of sp³-hybridized carbons (Fsp3) is 0.353. The Balaban J connectivity index is 1.99. The van der Waals surface area contributed by atoms with Crippen molar-refractivity contribution in [2.45, 2.75) is 31.8 Å². The molecular formula is C17H17N3O4. The summed E-state index contributed by atoms with van der Waals surface area (Å²) in [5, 5.41) is 2.33. The number of carbonyl (C=O) groups is 2. The Kier molecular flexibility index (Phi) is 3.30. The van der Waals surface area contributed by atoms with Gasteiger partial charge in [0.1, 0.15) is 11.8 Å². The van der Waals surface area contributed by atoms with Crippen LogP contribution in [-0.2, 0) is 22.6 Å². The molecule has 2 aromatic rings. The molecule has 2 aliphatic heterocycles. The van der Waals surface area contributed by atoms with Gasteiger partial charge in [-0.15, -0.1) is 0 Å². The van der Waals surface area contributed by atoms with E-state index >= 15 is 0 Å². The van der Waals surface area contributed by atoms with Crippen molar-refractivity contribution >= 4 is 22.8 Å². The Morgan fingerprint density at radius 2 is 2.04 bits per heavy atom. The molecule has 2 aliphatic rings. The van der Waals surface area contributed by atoms with Crippen molar-refractivity contribution in [3.05, 3.63) is 40.3 Å². The molecule has 3 heterocycles. The van der Waals surface area contributed by atoms with E-state index in [2.05, 4.69) is 5.32 Å². The molecule has 1 aromatic heterocycles. The highest BCUT2D eigenvalue weighted by molar-refractivity contribution is 6.00. The first kappa shape index (κ1) is 14.7. The smallest absolute Gasteiger partial charge is 0.330 e. The Bertz CT molecular complexity index is 951. The van der Waals surface area contributed by atoms with Gasteiger partial charge in [-0.2, -0.15) is 0 Å². The number of benzene rings is 1. The van der Waals surface area contributed by atoms with Crippen molar-refractivity contribution < 1.29 is 14.3 Å². The lowest BCUT2D eigenvalue weighted by molar-refractivity contribution is -0.135.